The summed E-state index contributed by atoms with van der Waals surface area (Å²) < 4.78 is 5.53. The quantitative estimate of drug-likeness (QED) is 0.827. The average Bonchev–Trinajstić information content (AvgIpc) is 2.53. The number of benzene rings is 2. The van der Waals surface area contributed by atoms with Crippen LogP contribution in [0.2, 0.25) is 0 Å². The largest absolute Gasteiger partial charge is 0.494 e. The van der Waals surface area contributed by atoms with Crippen molar-refractivity contribution in [3.05, 3.63) is 59.7 Å². The van der Waals surface area contributed by atoms with Crippen LogP contribution in [0, 0.1) is 0 Å². The molecule has 3 nitrogen and oxygen atoms in total. The topological polar surface area (TPSA) is 38.3 Å². The van der Waals surface area contributed by atoms with Crippen LogP contribution in [0.3, 0.4) is 0 Å². The number of carbonyl (C=O) groups excluding carboxylic acids is 1. The molecular weight excluding hydrogens is 274 g/mol. The highest BCUT2D eigenvalue weighted by atomic mass is 16.5. The van der Waals surface area contributed by atoms with Crippen molar-refractivity contribution in [2.75, 3.05) is 11.9 Å². The van der Waals surface area contributed by atoms with Gasteiger partial charge in [-0.3, -0.25) is 4.79 Å². The first-order valence-electron chi connectivity index (χ1n) is 7.75. The molecule has 0 aliphatic rings. The second-order valence-corrected chi connectivity index (χ2v) is 5.57. The Bertz CT molecular complexity index is 618. The van der Waals surface area contributed by atoms with E-state index in [1.165, 1.54) is 0 Å². The van der Waals surface area contributed by atoms with Crippen LogP contribution in [0.4, 0.5) is 5.69 Å². The van der Waals surface area contributed by atoms with Gasteiger partial charge in [0.05, 0.1) is 6.61 Å². The first-order valence-corrected chi connectivity index (χ1v) is 7.75. The number of hydrogen-bond donors (Lipinski definition) is 1. The molecule has 2 aromatic rings. The van der Waals surface area contributed by atoms with E-state index in [1.54, 1.807) is 12.1 Å². The third kappa shape index (κ3) is 4.10. The zero-order valence-electron chi connectivity index (χ0n) is 13.4. The maximum absolute atomic E-state index is 12.4. The van der Waals surface area contributed by atoms with Gasteiger partial charge in [0.25, 0.3) is 5.91 Å². The lowest BCUT2D eigenvalue weighted by molar-refractivity contribution is 0.102. The molecule has 0 radical (unpaired) electrons. The van der Waals surface area contributed by atoms with Crippen LogP contribution in [0.25, 0.3) is 0 Å². The summed E-state index contributed by atoms with van der Waals surface area (Å²) in [5.74, 6) is 1.05. The van der Waals surface area contributed by atoms with Crippen molar-refractivity contribution < 1.29 is 9.53 Å². The predicted octanol–water partition coefficient (Wildman–Crippen LogP) is 4.85. The van der Waals surface area contributed by atoms with Gasteiger partial charge >= 0.3 is 0 Å². The zero-order valence-corrected chi connectivity index (χ0v) is 13.4. The first-order chi connectivity index (χ1) is 10.6. The number of hydrogen-bond acceptors (Lipinski definition) is 2. The van der Waals surface area contributed by atoms with Gasteiger partial charge in [0, 0.05) is 11.3 Å². The van der Waals surface area contributed by atoms with Gasteiger partial charge in [-0.05, 0) is 48.2 Å². The zero-order chi connectivity index (χ0) is 15.9. The van der Waals surface area contributed by atoms with Crippen molar-refractivity contribution in [3.63, 3.8) is 0 Å². The molecule has 1 amide bonds. The summed E-state index contributed by atoms with van der Waals surface area (Å²) in [5.41, 5.74) is 2.63. The summed E-state index contributed by atoms with van der Waals surface area (Å²) in [7, 11) is 0. The van der Waals surface area contributed by atoms with Gasteiger partial charge in [-0.1, -0.05) is 39.0 Å². The Labute approximate surface area is 132 Å². The molecule has 0 aliphatic carbocycles. The molecule has 22 heavy (non-hydrogen) atoms. The SMILES string of the molecule is CCCOc1ccc(C(=O)Nc2ccccc2C(C)C)cc1. The van der Waals surface area contributed by atoms with Gasteiger partial charge in [-0.15, -0.1) is 0 Å². The van der Waals surface area contributed by atoms with Gasteiger partial charge in [0.15, 0.2) is 0 Å². The van der Waals surface area contributed by atoms with E-state index in [2.05, 4.69) is 26.1 Å². The Kier molecular flexibility index (Phi) is 5.59. The van der Waals surface area contributed by atoms with Crippen LogP contribution in [0.5, 0.6) is 5.75 Å². The smallest absolute Gasteiger partial charge is 0.255 e. The summed E-state index contributed by atoms with van der Waals surface area (Å²) >= 11 is 0. The minimum Gasteiger partial charge on any atom is -0.494 e. The molecule has 2 aromatic carbocycles. The molecule has 0 bridgehead atoms. The highest BCUT2D eigenvalue weighted by Crippen LogP contribution is 2.24. The molecule has 0 aliphatic heterocycles. The first kappa shape index (κ1) is 16.1. The molecule has 0 saturated carbocycles. The van der Waals surface area contributed by atoms with Gasteiger partial charge < -0.3 is 10.1 Å². The summed E-state index contributed by atoms with van der Waals surface area (Å²) in [6.07, 6.45) is 0.966. The number of amides is 1. The highest BCUT2D eigenvalue weighted by Gasteiger charge is 2.10. The van der Waals surface area contributed by atoms with Gasteiger partial charge in [-0.25, -0.2) is 0 Å². The lowest BCUT2D eigenvalue weighted by atomic mass is 10.0. The summed E-state index contributed by atoms with van der Waals surface area (Å²) in [6, 6.07) is 15.1. The molecule has 0 unspecified atom stereocenters. The molecule has 0 saturated heterocycles. The molecule has 0 aromatic heterocycles. The molecule has 1 N–H and O–H groups in total. The van der Waals surface area contributed by atoms with Gasteiger partial charge in [-0.2, -0.15) is 0 Å². The summed E-state index contributed by atoms with van der Waals surface area (Å²) in [4.78, 5) is 12.4. The van der Waals surface area contributed by atoms with Gasteiger partial charge in [0.1, 0.15) is 5.75 Å². The van der Waals surface area contributed by atoms with E-state index < -0.39 is 0 Å². The summed E-state index contributed by atoms with van der Waals surface area (Å²) in [5, 5.41) is 2.99. The van der Waals surface area contributed by atoms with E-state index >= 15 is 0 Å². The second-order valence-electron chi connectivity index (χ2n) is 5.57. The van der Waals surface area contributed by atoms with Crippen molar-refractivity contribution in [1.29, 1.82) is 0 Å². The minimum atomic E-state index is -0.102. The van der Waals surface area contributed by atoms with Crippen molar-refractivity contribution in [2.24, 2.45) is 0 Å². The predicted molar refractivity (Wildman–Crippen MR) is 90.7 cm³/mol. The minimum absolute atomic E-state index is 0.102. The molecular formula is C19H23NO2. The Hall–Kier alpha value is -2.29. The van der Waals surface area contributed by atoms with Crippen LogP contribution in [0.1, 0.15) is 49.0 Å². The van der Waals surface area contributed by atoms with Gasteiger partial charge in [0.2, 0.25) is 0 Å². The fraction of sp³-hybridized carbons (Fsp3) is 0.316. The fourth-order valence-electron chi connectivity index (χ4n) is 2.23. The van der Waals surface area contributed by atoms with E-state index in [4.69, 9.17) is 4.74 Å². The molecule has 3 heteroatoms. The van der Waals surface area contributed by atoms with Crippen LogP contribution in [0.15, 0.2) is 48.5 Å². The number of anilines is 1. The number of para-hydroxylation sites is 1. The van der Waals surface area contributed by atoms with Crippen molar-refractivity contribution >= 4 is 11.6 Å². The number of carbonyl (C=O) groups is 1. The molecule has 116 valence electrons. The number of ether oxygens (including phenoxy) is 1. The van der Waals surface area contributed by atoms with Crippen molar-refractivity contribution in [1.82, 2.24) is 0 Å². The third-order valence-electron chi connectivity index (χ3n) is 3.42. The summed E-state index contributed by atoms with van der Waals surface area (Å²) in [6.45, 7) is 6.98. The van der Waals surface area contributed by atoms with E-state index in [1.807, 2.05) is 36.4 Å². The Morgan fingerprint density at radius 2 is 1.77 bits per heavy atom. The molecule has 2 rings (SSSR count). The molecule has 0 fully saturated rings. The van der Waals surface area contributed by atoms with Crippen molar-refractivity contribution in [3.8, 4) is 5.75 Å². The van der Waals surface area contributed by atoms with Crippen LogP contribution in [-0.2, 0) is 0 Å². The van der Waals surface area contributed by atoms with E-state index in [0.717, 1.165) is 23.4 Å². The van der Waals surface area contributed by atoms with E-state index in [9.17, 15) is 4.79 Å². The second kappa shape index (κ2) is 7.64. The third-order valence-corrected chi connectivity index (χ3v) is 3.42. The fourth-order valence-corrected chi connectivity index (χ4v) is 2.23. The lowest BCUT2D eigenvalue weighted by Gasteiger charge is -2.13. The highest BCUT2D eigenvalue weighted by molar-refractivity contribution is 6.04. The normalized spacial score (nSPS) is 10.5. The van der Waals surface area contributed by atoms with Crippen LogP contribution >= 0.6 is 0 Å². The number of rotatable bonds is 6. The average molecular weight is 297 g/mol. The maximum atomic E-state index is 12.4. The standard InChI is InChI=1S/C19H23NO2/c1-4-13-22-16-11-9-15(10-12-16)19(21)20-18-8-6-5-7-17(18)14(2)3/h5-12,14H,4,13H2,1-3H3,(H,20,21). The molecule has 0 spiro atoms. The van der Waals surface area contributed by atoms with Crippen LogP contribution < -0.4 is 10.1 Å². The van der Waals surface area contributed by atoms with Crippen molar-refractivity contribution in [2.45, 2.75) is 33.1 Å². The molecule has 0 heterocycles. The number of nitrogens with one attached hydrogen (secondary N) is 1. The Morgan fingerprint density at radius 3 is 2.41 bits per heavy atom. The van der Waals surface area contributed by atoms with E-state index in [-0.39, 0.29) is 5.91 Å². The molecule has 0 atom stereocenters. The monoisotopic (exact) mass is 297 g/mol. The Morgan fingerprint density at radius 1 is 1.09 bits per heavy atom. The van der Waals surface area contributed by atoms with Crippen LogP contribution in [-0.4, -0.2) is 12.5 Å². The lowest BCUT2D eigenvalue weighted by Crippen LogP contribution is -2.13. The maximum Gasteiger partial charge on any atom is 0.255 e. The van der Waals surface area contributed by atoms with E-state index in [0.29, 0.717) is 18.1 Å². The Balaban J connectivity index is 2.09.